The van der Waals surface area contributed by atoms with E-state index in [1.54, 1.807) is 22.9 Å². The SMILES string of the molecule is CCNc1cnc(C(C)C)nc1C(=O)N(C)CCSC. The highest BCUT2D eigenvalue weighted by Gasteiger charge is 2.19. The smallest absolute Gasteiger partial charge is 0.274 e. The topological polar surface area (TPSA) is 58.1 Å². The molecule has 1 amide bonds. The Morgan fingerprint density at radius 2 is 2.20 bits per heavy atom. The molecule has 0 aromatic carbocycles. The number of hydrogen-bond acceptors (Lipinski definition) is 5. The van der Waals surface area contributed by atoms with Gasteiger partial charge in [-0.05, 0) is 13.2 Å². The molecule has 1 aromatic heterocycles. The van der Waals surface area contributed by atoms with Gasteiger partial charge in [-0.3, -0.25) is 4.79 Å². The van der Waals surface area contributed by atoms with Crippen LogP contribution in [0.1, 0.15) is 43.0 Å². The minimum atomic E-state index is -0.0562. The lowest BCUT2D eigenvalue weighted by atomic mass is 10.2. The van der Waals surface area contributed by atoms with Crippen molar-refractivity contribution in [3.05, 3.63) is 17.7 Å². The number of rotatable bonds is 7. The molecule has 6 heteroatoms. The van der Waals surface area contributed by atoms with Gasteiger partial charge < -0.3 is 10.2 Å². The zero-order chi connectivity index (χ0) is 15.1. The molecule has 0 bridgehead atoms. The maximum atomic E-state index is 12.5. The van der Waals surface area contributed by atoms with Crippen molar-refractivity contribution in [3.63, 3.8) is 0 Å². The minimum absolute atomic E-state index is 0.0562. The van der Waals surface area contributed by atoms with Gasteiger partial charge in [-0.1, -0.05) is 13.8 Å². The molecule has 0 aliphatic carbocycles. The maximum absolute atomic E-state index is 12.5. The Bertz CT molecular complexity index is 451. The fourth-order valence-corrected chi connectivity index (χ4v) is 2.12. The molecule has 0 atom stereocenters. The third-order valence-corrected chi connectivity index (χ3v) is 3.46. The fraction of sp³-hybridized carbons (Fsp3) is 0.643. The summed E-state index contributed by atoms with van der Waals surface area (Å²) < 4.78 is 0. The first kappa shape index (κ1) is 16.8. The first-order valence-corrected chi connectivity index (χ1v) is 8.25. The third kappa shape index (κ3) is 4.37. The number of aromatic nitrogens is 2. The van der Waals surface area contributed by atoms with Gasteiger partial charge >= 0.3 is 0 Å². The zero-order valence-corrected chi connectivity index (χ0v) is 13.8. The van der Waals surface area contributed by atoms with E-state index >= 15 is 0 Å². The number of carbonyl (C=O) groups is 1. The standard InChI is InChI=1S/C14H24N4OS/c1-6-15-11-9-16-13(10(2)3)17-12(11)14(19)18(4)7-8-20-5/h9-10,15H,6-8H2,1-5H3. The van der Waals surface area contributed by atoms with Crippen LogP contribution in [0.4, 0.5) is 5.69 Å². The van der Waals surface area contributed by atoms with E-state index in [0.29, 0.717) is 23.8 Å². The molecule has 0 radical (unpaired) electrons. The molecule has 0 spiro atoms. The van der Waals surface area contributed by atoms with Gasteiger partial charge in [0.15, 0.2) is 5.69 Å². The van der Waals surface area contributed by atoms with E-state index in [9.17, 15) is 4.79 Å². The lowest BCUT2D eigenvalue weighted by molar-refractivity contribution is 0.0798. The van der Waals surface area contributed by atoms with Crippen molar-refractivity contribution in [2.24, 2.45) is 0 Å². The molecular weight excluding hydrogens is 272 g/mol. The average molecular weight is 296 g/mol. The summed E-state index contributed by atoms with van der Waals surface area (Å²) in [4.78, 5) is 23.0. The average Bonchev–Trinajstić information content (AvgIpc) is 2.44. The fourth-order valence-electron chi connectivity index (χ4n) is 1.67. The molecule has 20 heavy (non-hydrogen) atoms. The largest absolute Gasteiger partial charge is 0.382 e. The maximum Gasteiger partial charge on any atom is 0.274 e. The summed E-state index contributed by atoms with van der Waals surface area (Å²) in [6.45, 7) is 7.48. The second-order valence-corrected chi connectivity index (χ2v) is 5.88. The van der Waals surface area contributed by atoms with Gasteiger partial charge in [0, 0.05) is 31.8 Å². The third-order valence-electron chi connectivity index (χ3n) is 2.87. The van der Waals surface area contributed by atoms with E-state index in [4.69, 9.17) is 0 Å². The van der Waals surface area contributed by atoms with Gasteiger partial charge in [0.2, 0.25) is 0 Å². The lowest BCUT2D eigenvalue weighted by Gasteiger charge is -2.19. The minimum Gasteiger partial charge on any atom is -0.382 e. The molecule has 1 aromatic rings. The highest BCUT2D eigenvalue weighted by atomic mass is 32.2. The monoisotopic (exact) mass is 296 g/mol. The summed E-state index contributed by atoms with van der Waals surface area (Å²) in [6.07, 6.45) is 3.74. The van der Waals surface area contributed by atoms with Crippen molar-refractivity contribution in [1.29, 1.82) is 0 Å². The normalized spacial score (nSPS) is 10.7. The molecule has 1 N–H and O–H groups in total. The number of nitrogens with one attached hydrogen (secondary N) is 1. The molecule has 0 aliphatic heterocycles. The summed E-state index contributed by atoms with van der Waals surface area (Å²) >= 11 is 1.72. The summed E-state index contributed by atoms with van der Waals surface area (Å²) in [5.74, 6) is 1.77. The van der Waals surface area contributed by atoms with Crippen LogP contribution in [0.15, 0.2) is 6.20 Å². The number of thioether (sulfide) groups is 1. The van der Waals surface area contributed by atoms with Gasteiger partial charge in [-0.15, -0.1) is 0 Å². The predicted molar refractivity (Wildman–Crippen MR) is 85.6 cm³/mol. The number of carbonyl (C=O) groups excluding carboxylic acids is 1. The molecule has 0 aliphatic rings. The van der Waals surface area contributed by atoms with E-state index in [-0.39, 0.29) is 11.8 Å². The van der Waals surface area contributed by atoms with Crippen LogP contribution < -0.4 is 5.32 Å². The van der Waals surface area contributed by atoms with E-state index in [1.807, 2.05) is 34.1 Å². The second kappa shape index (κ2) is 8.09. The molecule has 0 saturated carbocycles. The molecule has 0 saturated heterocycles. The first-order chi connectivity index (χ1) is 9.51. The molecule has 1 rings (SSSR count). The Balaban J connectivity index is 3.04. The van der Waals surface area contributed by atoms with E-state index in [0.717, 1.165) is 12.3 Å². The Kier molecular flexibility index (Phi) is 6.78. The van der Waals surface area contributed by atoms with Crippen molar-refractivity contribution in [1.82, 2.24) is 14.9 Å². The second-order valence-electron chi connectivity index (χ2n) is 4.90. The molecule has 112 valence electrons. The van der Waals surface area contributed by atoms with Crippen LogP contribution in [-0.2, 0) is 0 Å². The summed E-state index contributed by atoms with van der Waals surface area (Å²) in [6, 6.07) is 0. The van der Waals surface area contributed by atoms with Gasteiger partial charge in [-0.25, -0.2) is 9.97 Å². The van der Waals surface area contributed by atoms with Crippen molar-refractivity contribution < 1.29 is 4.79 Å². The number of hydrogen-bond donors (Lipinski definition) is 1. The summed E-state index contributed by atoms with van der Waals surface area (Å²) in [7, 11) is 1.81. The van der Waals surface area contributed by atoms with Crippen LogP contribution in [0.3, 0.4) is 0 Å². The number of nitrogens with zero attached hydrogens (tertiary/aromatic N) is 3. The molecule has 5 nitrogen and oxygen atoms in total. The van der Waals surface area contributed by atoms with Crippen LogP contribution in [-0.4, -0.2) is 52.9 Å². The predicted octanol–water partition coefficient (Wildman–Crippen LogP) is 2.47. The van der Waals surface area contributed by atoms with Crippen molar-refractivity contribution >= 4 is 23.4 Å². The highest BCUT2D eigenvalue weighted by Crippen LogP contribution is 2.17. The van der Waals surface area contributed by atoms with E-state index in [2.05, 4.69) is 15.3 Å². The van der Waals surface area contributed by atoms with Crippen molar-refractivity contribution in [3.8, 4) is 0 Å². The van der Waals surface area contributed by atoms with Crippen molar-refractivity contribution in [2.75, 3.05) is 37.5 Å². The number of amides is 1. The number of anilines is 1. The van der Waals surface area contributed by atoms with Crippen LogP contribution in [0.25, 0.3) is 0 Å². The molecule has 0 unspecified atom stereocenters. The van der Waals surface area contributed by atoms with Crippen molar-refractivity contribution in [2.45, 2.75) is 26.7 Å². The Morgan fingerprint density at radius 1 is 1.50 bits per heavy atom. The van der Waals surface area contributed by atoms with Crippen LogP contribution in [0.2, 0.25) is 0 Å². The summed E-state index contributed by atoms with van der Waals surface area (Å²) in [5, 5.41) is 3.16. The molecule has 0 fully saturated rings. The lowest BCUT2D eigenvalue weighted by Crippen LogP contribution is -2.31. The quantitative estimate of drug-likeness (QED) is 0.837. The van der Waals surface area contributed by atoms with Crippen LogP contribution in [0, 0.1) is 0 Å². The van der Waals surface area contributed by atoms with Gasteiger partial charge in [0.05, 0.1) is 11.9 Å². The molecular formula is C14H24N4OS. The first-order valence-electron chi connectivity index (χ1n) is 6.86. The van der Waals surface area contributed by atoms with Gasteiger partial charge in [0.25, 0.3) is 5.91 Å². The Labute approximate surface area is 125 Å². The van der Waals surface area contributed by atoms with Crippen LogP contribution in [0.5, 0.6) is 0 Å². The Hall–Kier alpha value is -1.30. The highest BCUT2D eigenvalue weighted by molar-refractivity contribution is 7.98. The van der Waals surface area contributed by atoms with Gasteiger partial charge in [0.1, 0.15) is 5.82 Å². The summed E-state index contributed by atoms with van der Waals surface area (Å²) in [5.41, 5.74) is 1.17. The van der Waals surface area contributed by atoms with E-state index in [1.165, 1.54) is 0 Å². The van der Waals surface area contributed by atoms with E-state index < -0.39 is 0 Å². The van der Waals surface area contributed by atoms with Crippen LogP contribution >= 0.6 is 11.8 Å². The Morgan fingerprint density at radius 3 is 2.75 bits per heavy atom. The zero-order valence-electron chi connectivity index (χ0n) is 12.9. The van der Waals surface area contributed by atoms with Gasteiger partial charge in [-0.2, -0.15) is 11.8 Å². The molecule has 1 heterocycles.